The summed E-state index contributed by atoms with van der Waals surface area (Å²) in [5.41, 5.74) is 7.70. The number of benzene rings is 2. The minimum absolute atomic E-state index is 0. The molecule has 0 amide bonds. The minimum Gasteiger partial charge on any atom is -1.00 e. The van der Waals surface area contributed by atoms with Crippen LogP contribution in [0.15, 0.2) is 72.5 Å². The van der Waals surface area contributed by atoms with E-state index in [1.54, 1.807) is 0 Å². The predicted molar refractivity (Wildman–Crippen MR) is 140 cm³/mol. The Morgan fingerprint density at radius 3 is 2.29 bits per heavy atom. The summed E-state index contributed by atoms with van der Waals surface area (Å²) in [4.78, 5) is 13.3. The van der Waals surface area contributed by atoms with Crippen LogP contribution in [-0.4, -0.2) is 35.0 Å². The Bertz CT molecular complexity index is 1190. The lowest BCUT2D eigenvalue weighted by atomic mass is 9.81. The summed E-state index contributed by atoms with van der Waals surface area (Å²) in [6.07, 6.45) is 9.62. The Kier molecular flexibility index (Phi) is 8.30. The molecule has 2 aromatic carbocycles. The van der Waals surface area contributed by atoms with Crippen molar-refractivity contribution in [1.29, 1.82) is 0 Å². The summed E-state index contributed by atoms with van der Waals surface area (Å²) in [6.45, 7) is 10.1. The Labute approximate surface area is 227 Å². The van der Waals surface area contributed by atoms with Gasteiger partial charge in [-0.15, -0.1) is 0 Å². The lowest BCUT2D eigenvalue weighted by molar-refractivity contribution is -0.401. The van der Waals surface area contributed by atoms with E-state index in [-0.39, 0.29) is 41.2 Å². The van der Waals surface area contributed by atoms with Crippen molar-refractivity contribution in [1.82, 2.24) is 0 Å². The van der Waals surface area contributed by atoms with Gasteiger partial charge in [-0.25, -0.2) is 0 Å². The zero-order chi connectivity index (χ0) is 24.5. The lowest BCUT2D eigenvalue weighted by Crippen LogP contribution is -3.00. The quantitative estimate of drug-likeness (QED) is 0.293. The van der Waals surface area contributed by atoms with Gasteiger partial charge in [-0.1, -0.05) is 62.7 Å². The van der Waals surface area contributed by atoms with Crippen LogP contribution in [0.2, 0.25) is 0 Å². The maximum Gasteiger partial charge on any atom is 0.303 e. The Hall–Kier alpha value is -2.41. The third kappa shape index (κ3) is 5.11. The number of anilines is 1. The monoisotopic (exact) mass is 584 g/mol. The van der Waals surface area contributed by atoms with Gasteiger partial charge in [0.05, 0.1) is 5.41 Å². The first-order valence-electron chi connectivity index (χ1n) is 12.3. The van der Waals surface area contributed by atoms with E-state index < -0.39 is 5.97 Å². The summed E-state index contributed by atoms with van der Waals surface area (Å²) < 4.78 is 2.30. The second kappa shape index (κ2) is 10.7. The number of halogens is 1. The molecule has 0 aliphatic carbocycles. The number of fused-ring (bicyclic) bond motifs is 2. The molecule has 2 aromatic rings. The molecule has 0 radical (unpaired) electrons. The summed E-state index contributed by atoms with van der Waals surface area (Å²) in [7, 11) is 2.15. The molecule has 4 nitrogen and oxygen atoms in total. The normalized spacial score (nSPS) is 18.7. The van der Waals surface area contributed by atoms with Crippen molar-refractivity contribution in [2.45, 2.75) is 64.2 Å². The van der Waals surface area contributed by atoms with Crippen molar-refractivity contribution in [3.63, 3.8) is 0 Å². The fourth-order valence-electron chi connectivity index (χ4n) is 5.64. The van der Waals surface area contributed by atoms with Crippen molar-refractivity contribution in [2.24, 2.45) is 0 Å². The number of unbranched alkanes of at least 4 members (excludes halogenated alkanes) is 2. The second-order valence-corrected chi connectivity index (χ2v) is 10.5. The molecule has 2 heterocycles. The maximum absolute atomic E-state index is 10.9. The molecule has 186 valence electrons. The smallest absolute Gasteiger partial charge is 0.303 e. The summed E-state index contributed by atoms with van der Waals surface area (Å²) in [6, 6.07) is 17.3. The van der Waals surface area contributed by atoms with Gasteiger partial charge < -0.3 is 34.0 Å². The van der Waals surface area contributed by atoms with E-state index in [9.17, 15) is 4.79 Å². The zero-order valence-corrected chi connectivity index (χ0v) is 23.7. The fraction of sp³-hybridized carbons (Fsp3) is 0.400. The van der Waals surface area contributed by atoms with Crippen LogP contribution in [0.25, 0.3) is 0 Å². The van der Waals surface area contributed by atoms with Crippen LogP contribution in [-0.2, 0) is 15.6 Å². The van der Waals surface area contributed by atoms with Crippen molar-refractivity contribution in [2.75, 3.05) is 18.5 Å². The van der Waals surface area contributed by atoms with Gasteiger partial charge in [0, 0.05) is 47.5 Å². The molecule has 2 aliphatic heterocycles. The van der Waals surface area contributed by atoms with Crippen LogP contribution in [0.1, 0.15) is 64.5 Å². The molecule has 0 saturated carbocycles. The summed E-state index contributed by atoms with van der Waals surface area (Å²) >= 11 is 0. The van der Waals surface area contributed by atoms with E-state index in [4.69, 9.17) is 5.11 Å². The topological polar surface area (TPSA) is 43.5 Å². The molecular weight excluding hydrogens is 547 g/mol. The van der Waals surface area contributed by atoms with E-state index in [1.165, 1.54) is 33.9 Å². The van der Waals surface area contributed by atoms with Crippen molar-refractivity contribution in [3.05, 3.63) is 83.6 Å². The van der Waals surface area contributed by atoms with Crippen molar-refractivity contribution in [3.8, 4) is 0 Å². The van der Waals surface area contributed by atoms with Gasteiger partial charge in [-0.05, 0) is 44.4 Å². The molecule has 0 aromatic heterocycles. The van der Waals surface area contributed by atoms with Gasteiger partial charge in [0.1, 0.15) is 7.05 Å². The molecule has 2 aliphatic rings. The molecule has 35 heavy (non-hydrogen) atoms. The second-order valence-electron chi connectivity index (χ2n) is 10.5. The largest absolute Gasteiger partial charge is 1.00 e. The fourth-order valence-corrected chi connectivity index (χ4v) is 5.64. The summed E-state index contributed by atoms with van der Waals surface area (Å²) in [5.74, 6) is -0.710. The standard InChI is InChI=1S/C30H36N2O2.HI/c1-29(2)22-14-8-10-16-24(22)31(5)26(29)18-13-19-27-30(3,4)23-15-9-11-17-25(23)32(27)21-12-6-7-20-28(33)34;/h8-11,13-19H,6-7,12,20-21H2,1-5H3;1H. The SMILES string of the molecule is C[N+]1=C(/C=C/C=C2/N(CCCCCC(=O)O)c3ccccc3C2(C)C)C(C)(C)c2ccccc21.[I-]. The third-order valence-corrected chi connectivity index (χ3v) is 7.52. The lowest BCUT2D eigenvalue weighted by Gasteiger charge is -2.27. The number of carboxylic acids is 1. The first kappa shape index (κ1) is 27.2. The number of carboxylic acid groups (broad SMARTS) is 1. The van der Waals surface area contributed by atoms with E-state index in [2.05, 4.69) is 111 Å². The number of hydrogen-bond acceptors (Lipinski definition) is 2. The van der Waals surface area contributed by atoms with Crippen LogP contribution in [0.5, 0.6) is 0 Å². The molecule has 0 spiro atoms. The highest BCUT2D eigenvalue weighted by Gasteiger charge is 2.43. The number of rotatable bonds is 8. The molecule has 1 N–H and O–H groups in total. The van der Waals surface area contributed by atoms with Gasteiger partial charge in [0.2, 0.25) is 5.69 Å². The number of aliphatic carboxylic acids is 1. The number of allylic oxidation sites excluding steroid dienone is 4. The van der Waals surface area contributed by atoms with Gasteiger partial charge in [0.15, 0.2) is 5.71 Å². The van der Waals surface area contributed by atoms with Gasteiger partial charge >= 0.3 is 5.97 Å². The minimum atomic E-state index is -0.710. The Morgan fingerprint density at radius 1 is 0.943 bits per heavy atom. The average Bonchev–Trinajstić information content (AvgIpc) is 3.13. The number of nitrogens with zero attached hydrogens (tertiary/aromatic N) is 2. The van der Waals surface area contributed by atoms with Crippen LogP contribution in [0.4, 0.5) is 11.4 Å². The predicted octanol–water partition coefficient (Wildman–Crippen LogP) is 3.58. The van der Waals surface area contributed by atoms with E-state index in [0.29, 0.717) is 0 Å². The van der Waals surface area contributed by atoms with Crippen molar-refractivity contribution >= 4 is 23.1 Å². The van der Waals surface area contributed by atoms with Crippen LogP contribution >= 0.6 is 0 Å². The van der Waals surface area contributed by atoms with Crippen molar-refractivity contribution < 1.29 is 38.5 Å². The van der Waals surface area contributed by atoms with Gasteiger partial charge in [-0.2, -0.15) is 4.58 Å². The van der Waals surface area contributed by atoms with E-state index >= 15 is 0 Å². The van der Waals surface area contributed by atoms with E-state index in [1.807, 2.05) is 0 Å². The molecule has 0 unspecified atom stereocenters. The van der Waals surface area contributed by atoms with Gasteiger partial charge in [0.25, 0.3) is 0 Å². The molecule has 0 saturated heterocycles. The van der Waals surface area contributed by atoms with E-state index in [0.717, 1.165) is 25.8 Å². The van der Waals surface area contributed by atoms with Crippen LogP contribution in [0, 0.1) is 0 Å². The average molecular weight is 585 g/mol. The molecule has 5 heteroatoms. The molecule has 4 rings (SSSR count). The number of para-hydroxylation sites is 2. The first-order chi connectivity index (χ1) is 16.2. The molecule has 0 fully saturated rings. The highest BCUT2D eigenvalue weighted by Crippen LogP contribution is 2.47. The summed E-state index contributed by atoms with van der Waals surface area (Å²) in [5, 5.41) is 8.93. The zero-order valence-electron chi connectivity index (χ0n) is 21.5. The Morgan fingerprint density at radius 2 is 1.60 bits per heavy atom. The first-order valence-corrected chi connectivity index (χ1v) is 12.3. The van der Waals surface area contributed by atoms with Gasteiger partial charge in [-0.3, -0.25) is 4.79 Å². The third-order valence-electron chi connectivity index (χ3n) is 7.52. The van der Waals surface area contributed by atoms with Crippen LogP contribution in [0.3, 0.4) is 0 Å². The van der Waals surface area contributed by atoms with Crippen LogP contribution < -0.4 is 28.9 Å². The highest BCUT2D eigenvalue weighted by atomic mass is 127. The Balaban J connectivity index is 0.00000342. The molecular formula is C30H37IN2O2. The molecule has 0 bridgehead atoms. The number of hydrogen-bond donors (Lipinski definition) is 1. The number of carbonyl (C=O) groups is 1. The molecule has 0 atom stereocenters. The maximum atomic E-state index is 10.9. The highest BCUT2D eigenvalue weighted by molar-refractivity contribution is 6.03.